The summed E-state index contributed by atoms with van der Waals surface area (Å²) in [5.74, 6) is -0.0255. The Kier molecular flexibility index (Phi) is 1.94. The van der Waals surface area contributed by atoms with Gasteiger partial charge < -0.3 is 0 Å². The van der Waals surface area contributed by atoms with Crippen LogP contribution in [-0.2, 0) is 7.05 Å². The number of nitrogens with zero attached hydrogens (tertiary/aromatic N) is 3. The standard InChI is InChI=1S/C8H7N3OS/c1-11-6(5-9-10-11)8(12)7-3-2-4-13-7/h2-5H,1H3. The summed E-state index contributed by atoms with van der Waals surface area (Å²) in [4.78, 5) is 12.4. The molecule has 0 aliphatic carbocycles. The first-order chi connectivity index (χ1) is 6.29. The summed E-state index contributed by atoms with van der Waals surface area (Å²) in [7, 11) is 1.70. The van der Waals surface area contributed by atoms with E-state index in [0.717, 1.165) is 0 Å². The van der Waals surface area contributed by atoms with Gasteiger partial charge in [0, 0.05) is 7.05 Å². The monoisotopic (exact) mass is 193 g/mol. The van der Waals surface area contributed by atoms with Crippen LogP contribution in [0.2, 0.25) is 0 Å². The van der Waals surface area contributed by atoms with Crippen LogP contribution in [0.4, 0.5) is 0 Å². The molecule has 0 spiro atoms. The van der Waals surface area contributed by atoms with Crippen molar-refractivity contribution >= 4 is 17.1 Å². The van der Waals surface area contributed by atoms with Crippen molar-refractivity contribution < 1.29 is 4.79 Å². The predicted molar refractivity (Wildman–Crippen MR) is 48.8 cm³/mol. The first-order valence-electron chi connectivity index (χ1n) is 3.72. The van der Waals surface area contributed by atoms with Crippen molar-refractivity contribution in [3.05, 3.63) is 34.3 Å². The Hall–Kier alpha value is -1.49. The molecule has 66 valence electrons. The number of rotatable bonds is 2. The first-order valence-corrected chi connectivity index (χ1v) is 4.60. The molecule has 4 nitrogen and oxygen atoms in total. The van der Waals surface area contributed by atoms with Crippen LogP contribution in [0.3, 0.4) is 0 Å². The van der Waals surface area contributed by atoms with E-state index in [1.165, 1.54) is 22.2 Å². The Labute approximate surface area is 78.8 Å². The summed E-state index contributed by atoms with van der Waals surface area (Å²) in [6.45, 7) is 0. The van der Waals surface area contributed by atoms with Crippen LogP contribution in [0.15, 0.2) is 23.7 Å². The topological polar surface area (TPSA) is 47.8 Å². The van der Waals surface area contributed by atoms with E-state index in [0.29, 0.717) is 10.6 Å². The lowest BCUT2D eigenvalue weighted by atomic mass is 10.2. The fourth-order valence-corrected chi connectivity index (χ4v) is 1.70. The Morgan fingerprint density at radius 3 is 3.00 bits per heavy atom. The maximum absolute atomic E-state index is 11.7. The molecule has 2 aromatic rings. The summed E-state index contributed by atoms with van der Waals surface area (Å²) >= 11 is 1.42. The van der Waals surface area contributed by atoms with Gasteiger partial charge in [-0.25, -0.2) is 4.68 Å². The van der Waals surface area contributed by atoms with Gasteiger partial charge in [-0.15, -0.1) is 16.4 Å². The SMILES string of the molecule is Cn1nncc1C(=O)c1cccs1. The Balaban J connectivity index is 2.39. The summed E-state index contributed by atoms with van der Waals surface area (Å²) in [5, 5.41) is 9.22. The Bertz CT molecular complexity index is 418. The van der Waals surface area contributed by atoms with Gasteiger partial charge in [0.05, 0.1) is 11.1 Å². The maximum atomic E-state index is 11.7. The van der Waals surface area contributed by atoms with Crippen LogP contribution in [0, 0.1) is 0 Å². The molecule has 0 amide bonds. The highest BCUT2D eigenvalue weighted by atomic mass is 32.1. The smallest absolute Gasteiger partial charge is 0.222 e. The third kappa shape index (κ3) is 1.38. The second-order valence-electron chi connectivity index (χ2n) is 2.55. The summed E-state index contributed by atoms with van der Waals surface area (Å²) in [6, 6.07) is 3.64. The molecule has 0 saturated heterocycles. The summed E-state index contributed by atoms with van der Waals surface area (Å²) < 4.78 is 1.47. The normalized spacial score (nSPS) is 10.2. The number of ketones is 1. The maximum Gasteiger partial charge on any atom is 0.222 e. The second kappa shape index (κ2) is 3.10. The molecule has 13 heavy (non-hydrogen) atoms. The van der Waals surface area contributed by atoms with Gasteiger partial charge in [-0.05, 0) is 11.4 Å². The van der Waals surface area contributed by atoms with Crippen molar-refractivity contribution in [3.8, 4) is 0 Å². The third-order valence-corrected chi connectivity index (χ3v) is 2.56. The highest BCUT2D eigenvalue weighted by Crippen LogP contribution is 2.13. The molecule has 2 aromatic heterocycles. The minimum absolute atomic E-state index is 0.0255. The molecule has 0 bridgehead atoms. The van der Waals surface area contributed by atoms with Crippen molar-refractivity contribution in [1.82, 2.24) is 15.0 Å². The van der Waals surface area contributed by atoms with Crippen molar-refractivity contribution in [2.75, 3.05) is 0 Å². The zero-order valence-corrected chi connectivity index (χ0v) is 7.78. The molecular weight excluding hydrogens is 186 g/mol. The van der Waals surface area contributed by atoms with Crippen molar-refractivity contribution in [1.29, 1.82) is 0 Å². The molecule has 0 N–H and O–H groups in total. The fraction of sp³-hybridized carbons (Fsp3) is 0.125. The molecule has 0 radical (unpaired) electrons. The van der Waals surface area contributed by atoms with Crippen LogP contribution in [0.25, 0.3) is 0 Å². The highest BCUT2D eigenvalue weighted by Gasteiger charge is 2.13. The minimum atomic E-state index is -0.0255. The van der Waals surface area contributed by atoms with Crippen LogP contribution < -0.4 is 0 Å². The first kappa shape index (κ1) is 8.12. The summed E-state index contributed by atoms with van der Waals surface area (Å²) in [6.07, 6.45) is 1.47. The van der Waals surface area contributed by atoms with Gasteiger partial charge in [0.1, 0.15) is 5.69 Å². The number of hydrogen-bond acceptors (Lipinski definition) is 4. The second-order valence-corrected chi connectivity index (χ2v) is 3.50. The van der Waals surface area contributed by atoms with E-state index >= 15 is 0 Å². The molecule has 0 aromatic carbocycles. The van der Waals surface area contributed by atoms with Gasteiger partial charge in [0.2, 0.25) is 5.78 Å². The molecule has 0 saturated carbocycles. The van der Waals surface area contributed by atoms with Gasteiger partial charge in [-0.1, -0.05) is 11.3 Å². The Morgan fingerprint density at radius 1 is 1.62 bits per heavy atom. The number of thiophene rings is 1. The minimum Gasteiger partial charge on any atom is -0.286 e. The number of hydrogen-bond donors (Lipinski definition) is 0. The average Bonchev–Trinajstić information content (AvgIpc) is 2.72. The van der Waals surface area contributed by atoms with Crippen LogP contribution in [-0.4, -0.2) is 20.8 Å². The molecule has 0 atom stereocenters. The van der Waals surface area contributed by atoms with Crippen molar-refractivity contribution in [2.24, 2.45) is 7.05 Å². The molecule has 2 rings (SSSR count). The molecule has 5 heteroatoms. The highest BCUT2D eigenvalue weighted by molar-refractivity contribution is 7.12. The molecule has 0 fully saturated rings. The van der Waals surface area contributed by atoms with Crippen LogP contribution >= 0.6 is 11.3 Å². The van der Waals surface area contributed by atoms with Crippen molar-refractivity contribution in [3.63, 3.8) is 0 Å². The molecule has 2 heterocycles. The van der Waals surface area contributed by atoms with Gasteiger partial charge in [0.15, 0.2) is 0 Å². The number of carbonyl (C=O) groups excluding carboxylic acids is 1. The van der Waals surface area contributed by atoms with Gasteiger partial charge in [0.25, 0.3) is 0 Å². The quantitative estimate of drug-likeness (QED) is 0.671. The molecule has 0 aliphatic rings. The van der Waals surface area contributed by atoms with E-state index in [-0.39, 0.29) is 5.78 Å². The molecule has 0 aliphatic heterocycles. The predicted octanol–water partition coefficient (Wildman–Crippen LogP) is 1.11. The van der Waals surface area contributed by atoms with E-state index < -0.39 is 0 Å². The van der Waals surface area contributed by atoms with Gasteiger partial charge in [-0.2, -0.15) is 0 Å². The van der Waals surface area contributed by atoms with Gasteiger partial charge >= 0.3 is 0 Å². The van der Waals surface area contributed by atoms with E-state index in [1.807, 2.05) is 11.4 Å². The lowest BCUT2D eigenvalue weighted by Crippen LogP contribution is -2.06. The summed E-state index contributed by atoms with van der Waals surface area (Å²) in [5.41, 5.74) is 0.516. The van der Waals surface area contributed by atoms with E-state index in [4.69, 9.17) is 0 Å². The molecule has 0 unspecified atom stereocenters. The largest absolute Gasteiger partial charge is 0.286 e. The third-order valence-electron chi connectivity index (χ3n) is 1.69. The lowest BCUT2D eigenvalue weighted by molar-refractivity contribution is 0.103. The molecular formula is C8H7N3OS. The number of aryl methyl sites for hydroxylation is 1. The number of carbonyl (C=O) groups is 1. The van der Waals surface area contributed by atoms with Crippen LogP contribution in [0.5, 0.6) is 0 Å². The number of aromatic nitrogens is 3. The van der Waals surface area contributed by atoms with Gasteiger partial charge in [-0.3, -0.25) is 4.79 Å². The van der Waals surface area contributed by atoms with E-state index in [1.54, 1.807) is 13.1 Å². The average molecular weight is 193 g/mol. The lowest BCUT2D eigenvalue weighted by Gasteiger charge is -1.95. The van der Waals surface area contributed by atoms with Crippen LogP contribution in [0.1, 0.15) is 15.4 Å². The zero-order valence-electron chi connectivity index (χ0n) is 6.97. The Morgan fingerprint density at radius 2 is 2.46 bits per heavy atom. The fourth-order valence-electron chi connectivity index (χ4n) is 1.03. The zero-order chi connectivity index (χ0) is 9.26. The van der Waals surface area contributed by atoms with Crippen molar-refractivity contribution in [2.45, 2.75) is 0 Å². The van der Waals surface area contributed by atoms with E-state index in [2.05, 4.69) is 10.3 Å². The van der Waals surface area contributed by atoms with E-state index in [9.17, 15) is 4.79 Å².